The predicted octanol–water partition coefficient (Wildman–Crippen LogP) is 10.3. The van der Waals surface area contributed by atoms with Gasteiger partial charge in [0.15, 0.2) is 0 Å². The quantitative estimate of drug-likeness (QED) is 0.207. The molecule has 0 N–H and O–H groups in total. The van der Waals surface area contributed by atoms with Crippen LogP contribution in [-0.4, -0.2) is 19.1 Å². The molecule has 36 heavy (non-hydrogen) atoms. The first kappa shape index (κ1) is 26.1. The highest BCUT2D eigenvalue weighted by Crippen LogP contribution is 2.36. The molecule has 0 aliphatic heterocycles. The van der Waals surface area contributed by atoms with Crippen molar-refractivity contribution in [2.24, 2.45) is 31.8 Å². The zero-order valence-corrected chi connectivity index (χ0v) is 23.5. The van der Waals surface area contributed by atoms with Crippen LogP contribution >= 0.6 is 22.7 Å². The van der Waals surface area contributed by atoms with Crippen LogP contribution in [0.1, 0.15) is 45.4 Å². The number of aryl methyl sites for hydroxylation is 1. The minimum absolute atomic E-state index is 0.389. The summed E-state index contributed by atoms with van der Waals surface area (Å²) in [6.45, 7) is 9.31. The van der Waals surface area contributed by atoms with Gasteiger partial charge in [0.05, 0.1) is 21.8 Å². The lowest BCUT2D eigenvalue weighted by atomic mass is 9.83. The molecule has 2 aromatic heterocycles. The van der Waals surface area contributed by atoms with Gasteiger partial charge in [-0.25, -0.2) is 4.98 Å². The van der Waals surface area contributed by atoms with Crippen LogP contribution in [-0.2, 0) is 6.42 Å². The van der Waals surface area contributed by atoms with Crippen molar-refractivity contribution in [3.8, 4) is 0 Å². The van der Waals surface area contributed by atoms with Crippen molar-refractivity contribution in [3.63, 3.8) is 0 Å². The van der Waals surface area contributed by atoms with Crippen LogP contribution in [0.2, 0.25) is 0 Å². The molecule has 188 valence electrons. The molecule has 8 heteroatoms. The maximum Gasteiger partial charge on any atom is 0.231 e. The zero-order chi connectivity index (χ0) is 25.7. The molecule has 1 atom stereocenters. The van der Waals surface area contributed by atoms with Gasteiger partial charge in [-0.15, -0.1) is 21.6 Å². The zero-order valence-electron chi connectivity index (χ0n) is 21.9. The normalized spacial score (nSPS) is 13.3. The van der Waals surface area contributed by atoms with Crippen molar-refractivity contribution >= 4 is 60.1 Å². The lowest BCUT2D eigenvalue weighted by Gasteiger charge is -2.22. The Bertz CT molecular complexity index is 1290. The third-order valence-electron chi connectivity index (χ3n) is 5.72. The molecule has 0 fully saturated rings. The molecule has 2 heterocycles. The molecular formula is C28H34N6S2. The summed E-state index contributed by atoms with van der Waals surface area (Å²) in [4.78, 5) is 9.19. The number of fused-ring (bicyclic) bond motifs is 1. The van der Waals surface area contributed by atoms with E-state index in [0.29, 0.717) is 10.5 Å². The Labute approximate surface area is 221 Å². The summed E-state index contributed by atoms with van der Waals surface area (Å²) >= 11 is 3.38. The first-order valence-corrected chi connectivity index (χ1v) is 13.9. The van der Waals surface area contributed by atoms with Crippen LogP contribution < -0.4 is 4.90 Å². The monoisotopic (exact) mass is 518 g/mol. The molecule has 2 aromatic carbocycles. The van der Waals surface area contributed by atoms with Crippen molar-refractivity contribution < 1.29 is 0 Å². The number of rotatable bonds is 9. The molecule has 0 saturated carbocycles. The highest BCUT2D eigenvalue weighted by molar-refractivity contribution is 7.28. The fraction of sp³-hybridized carbons (Fsp3) is 0.393. The van der Waals surface area contributed by atoms with Crippen LogP contribution in [0.3, 0.4) is 0 Å². The molecule has 0 amide bonds. The van der Waals surface area contributed by atoms with Crippen molar-refractivity contribution in [3.05, 3.63) is 59.5 Å². The molecule has 0 bridgehead atoms. The molecule has 1 unspecified atom stereocenters. The SMILES string of the molecule is CC(CCc1cc2sc(/N=N/c3ccc(/N=N/c4ccc(N(C)C)cc4)cc3)nc2s1)CC(C)(C)C. The lowest BCUT2D eigenvalue weighted by molar-refractivity contribution is 0.297. The Morgan fingerprint density at radius 1 is 0.833 bits per heavy atom. The Morgan fingerprint density at radius 3 is 1.92 bits per heavy atom. The second-order valence-electron chi connectivity index (χ2n) is 10.6. The molecule has 0 radical (unpaired) electrons. The smallest absolute Gasteiger partial charge is 0.231 e. The van der Waals surface area contributed by atoms with Crippen molar-refractivity contribution in [1.29, 1.82) is 0 Å². The number of benzene rings is 2. The van der Waals surface area contributed by atoms with Crippen molar-refractivity contribution in [2.75, 3.05) is 19.0 Å². The van der Waals surface area contributed by atoms with Gasteiger partial charge in [0.1, 0.15) is 4.83 Å². The van der Waals surface area contributed by atoms with Crippen LogP contribution in [0.25, 0.3) is 9.53 Å². The number of hydrogen-bond acceptors (Lipinski definition) is 8. The average molecular weight is 519 g/mol. The van der Waals surface area contributed by atoms with Gasteiger partial charge in [0.2, 0.25) is 5.13 Å². The summed E-state index contributed by atoms with van der Waals surface area (Å²) in [7, 11) is 4.03. The Balaban J connectivity index is 1.32. The van der Waals surface area contributed by atoms with Crippen LogP contribution in [0.15, 0.2) is 75.1 Å². The second kappa shape index (κ2) is 11.4. The third kappa shape index (κ3) is 7.51. The number of nitrogens with zero attached hydrogens (tertiary/aromatic N) is 6. The van der Waals surface area contributed by atoms with Gasteiger partial charge in [0.25, 0.3) is 0 Å². The van der Waals surface area contributed by atoms with Gasteiger partial charge in [0, 0.05) is 24.7 Å². The minimum Gasteiger partial charge on any atom is -0.378 e. The second-order valence-corrected chi connectivity index (χ2v) is 12.7. The largest absolute Gasteiger partial charge is 0.378 e. The Kier molecular flexibility index (Phi) is 8.26. The van der Waals surface area contributed by atoms with Gasteiger partial charge in [-0.1, -0.05) is 39.0 Å². The van der Waals surface area contributed by atoms with Gasteiger partial charge < -0.3 is 4.90 Å². The number of aromatic nitrogens is 1. The van der Waals surface area contributed by atoms with Crippen molar-refractivity contribution in [1.82, 2.24) is 4.98 Å². The van der Waals surface area contributed by atoms with E-state index in [-0.39, 0.29) is 0 Å². The Morgan fingerprint density at radius 2 is 1.39 bits per heavy atom. The lowest BCUT2D eigenvalue weighted by Crippen LogP contribution is -2.11. The summed E-state index contributed by atoms with van der Waals surface area (Å²) in [5.74, 6) is 0.727. The highest BCUT2D eigenvalue weighted by atomic mass is 32.1. The number of thiophene rings is 1. The number of anilines is 1. The standard InChI is InChI=1S/C28H34N6S2/c1-19(18-28(2,3)4)7-16-24-17-25-26(35-24)29-27(36-25)33-32-21-10-8-20(9-11-21)30-31-22-12-14-23(15-13-22)34(5)6/h8-15,17,19H,7,16,18H2,1-6H3/b31-30+,33-32+. The third-order valence-corrected chi connectivity index (χ3v) is 7.83. The summed E-state index contributed by atoms with van der Waals surface area (Å²) in [5.41, 5.74) is 3.86. The van der Waals surface area contributed by atoms with Gasteiger partial charge in [-0.05, 0) is 85.2 Å². The van der Waals surface area contributed by atoms with E-state index in [1.54, 1.807) is 22.7 Å². The van der Waals surface area contributed by atoms with Gasteiger partial charge in [-0.2, -0.15) is 10.2 Å². The minimum atomic E-state index is 0.389. The highest BCUT2D eigenvalue weighted by Gasteiger charge is 2.16. The van der Waals surface area contributed by atoms with E-state index in [4.69, 9.17) is 0 Å². The van der Waals surface area contributed by atoms with Gasteiger partial charge in [-0.3, -0.25) is 0 Å². The van der Waals surface area contributed by atoms with E-state index in [2.05, 4.69) is 64.1 Å². The average Bonchev–Trinajstić information content (AvgIpc) is 3.38. The fourth-order valence-corrected chi connectivity index (χ4v) is 6.16. The summed E-state index contributed by atoms with van der Waals surface area (Å²) in [6.07, 6.45) is 3.59. The first-order valence-electron chi connectivity index (χ1n) is 12.2. The van der Waals surface area contributed by atoms with Gasteiger partial charge >= 0.3 is 0 Å². The molecule has 0 saturated heterocycles. The maximum atomic E-state index is 4.67. The van der Waals surface area contributed by atoms with E-state index >= 15 is 0 Å². The number of hydrogen-bond donors (Lipinski definition) is 0. The van der Waals surface area contributed by atoms with Crippen LogP contribution in [0, 0.1) is 11.3 Å². The number of azo groups is 2. The fourth-order valence-electron chi connectivity index (χ4n) is 4.09. The van der Waals surface area contributed by atoms with E-state index in [9.17, 15) is 0 Å². The van der Waals surface area contributed by atoms with E-state index in [1.807, 2.05) is 62.6 Å². The summed E-state index contributed by atoms with van der Waals surface area (Å²) < 4.78 is 1.20. The van der Waals surface area contributed by atoms with E-state index in [0.717, 1.165) is 39.9 Å². The molecular weight excluding hydrogens is 484 g/mol. The first-order chi connectivity index (χ1) is 17.1. The molecule has 4 aromatic rings. The maximum absolute atomic E-state index is 4.67. The topological polar surface area (TPSA) is 65.6 Å². The van der Waals surface area contributed by atoms with Crippen LogP contribution in [0.4, 0.5) is 27.9 Å². The van der Waals surface area contributed by atoms with Crippen LogP contribution in [0.5, 0.6) is 0 Å². The number of thiazole rings is 1. The molecule has 6 nitrogen and oxygen atoms in total. The Hall–Kier alpha value is -2.97. The van der Waals surface area contributed by atoms with E-state index < -0.39 is 0 Å². The molecule has 0 spiro atoms. The summed E-state index contributed by atoms with van der Waals surface area (Å²) in [5, 5.41) is 18.0. The van der Waals surface area contributed by atoms with Crippen molar-refractivity contribution in [2.45, 2.75) is 47.0 Å². The molecule has 0 aliphatic rings. The molecule has 0 aliphatic carbocycles. The van der Waals surface area contributed by atoms with E-state index in [1.165, 1.54) is 22.4 Å². The summed E-state index contributed by atoms with van der Waals surface area (Å²) in [6, 6.07) is 17.8. The predicted molar refractivity (Wildman–Crippen MR) is 155 cm³/mol. The molecule has 4 rings (SSSR count).